The van der Waals surface area contributed by atoms with Gasteiger partial charge in [0.05, 0.1) is 11.0 Å². The van der Waals surface area contributed by atoms with Crippen molar-refractivity contribution in [3.63, 3.8) is 0 Å². The summed E-state index contributed by atoms with van der Waals surface area (Å²) in [6.07, 6.45) is 4.97. The largest absolute Gasteiger partial charge is 0.312 e. The smallest absolute Gasteiger partial charge is 0.155 e. The third-order valence-electron chi connectivity index (χ3n) is 4.37. The third kappa shape index (κ3) is 3.61. The minimum Gasteiger partial charge on any atom is -0.312 e. The second kappa shape index (κ2) is 6.72. The van der Waals surface area contributed by atoms with Gasteiger partial charge in [0.1, 0.15) is 0 Å². The van der Waals surface area contributed by atoms with Gasteiger partial charge in [0, 0.05) is 6.04 Å². The summed E-state index contributed by atoms with van der Waals surface area (Å²) in [6, 6.07) is 7.91. The van der Waals surface area contributed by atoms with Gasteiger partial charge in [-0.2, -0.15) is 0 Å². The van der Waals surface area contributed by atoms with Gasteiger partial charge in [-0.05, 0) is 37.9 Å². The van der Waals surface area contributed by atoms with E-state index < -0.39 is 9.84 Å². The van der Waals surface area contributed by atoms with Crippen LogP contribution in [0.3, 0.4) is 0 Å². The normalized spacial score (nSPS) is 18.9. The second-order valence-electron chi connectivity index (χ2n) is 5.79. The SMILES string of the molecule is CNC(CS(=O)(=O)C1CCCCC1)c1ccccc1C. The molecule has 2 rings (SSSR count). The first-order chi connectivity index (χ1) is 9.54. The van der Waals surface area contributed by atoms with Gasteiger partial charge in [-0.15, -0.1) is 0 Å². The van der Waals surface area contributed by atoms with Crippen molar-refractivity contribution in [1.29, 1.82) is 0 Å². The Hall–Kier alpha value is -0.870. The first-order valence-electron chi connectivity index (χ1n) is 7.49. The van der Waals surface area contributed by atoms with E-state index in [-0.39, 0.29) is 17.0 Å². The van der Waals surface area contributed by atoms with E-state index in [0.29, 0.717) is 0 Å². The maximum Gasteiger partial charge on any atom is 0.155 e. The van der Waals surface area contributed by atoms with E-state index in [1.807, 2.05) is 38.2 Å². The van der Waals surface area contributed by atoms with Crippen LogP contribution in [0.5, 0.6) is 0 Å². The monoisotopic (exact) mass is 295 g/mol. The molecule has 0 spiro atoms. The first kappa shape index (κ1) is 15.5. The molecule has 0 saturated heterocycles. The topological polar surface area (TPSA) is 46.2 Å². The van der Waals surface area contributed by atoms with Gasteiger partial charge in [-0.3, -0.25) is 0 Å². The number of benzene rings is 1. The molecule has 1 atom stereocenters. The predicted molar refractivity (Wildman–Crippen MR) is 83.6 cm³/mol. The average Bonchev–Trinajstić information content (AvgIpc) is 2.46. The number of hydrogen-bond donors (Lipinski definition) is 1. The van der Waals surface area contributed by atoms with Crippen LogP contribution < -0.4 is 5.32 Å². The molecule has 1 N–H and O–H groups in total. The van der Waals surface area contributed by atoms with Gasteiger partial charge >= 0.3 is 0 Å². The Morgan fingerprint density at radius 1 is 1.20 bits per heavy atom. The van der Waals surface area contributed by atoms with E-state index in [2.05, 4.69) is 5.32 Å². The van der Waals surface area contributed by atoms with Crippen molar-refractivity contribution in [2.75, 3.05) is 12.8 Å². The Morgan fingerprint density at radius 2 is 1.85 bits per heavy atom. The van der Waals surface area contributed by atoms with Crippen LogP contribution in [0.1, 0.15) is 49.3 Å². The molecule has 4 heteroatoms. The van der Waals surface area contributed by atoms with Crippen LogP contribution in [-0.2, 0) is 9.84 Å². The van der Waals surface area contributed by atoms with Gasteiger partial charge in [0.2, 0.25) is 0 Å². The lowest BCUT2D eigenvalue weighted by Gasteiger charge is -2.25. The van der Waals surface area contributed by atoms with Crippen LogP contribution in [-0.4, -0.2) is 26.5 Å². The van der Waals surface area contributed by atoms with Crippen LogP contribution in [0.2, 0.25) is 0 Å². The molecule has 1 fully saturated rings. The molecule has 0 radical (unpaired) electrons. The summed E-state index contributed by atoms with van der Waals surface area (Å²) in [7, 11) is -1.18. The fraction of sp³-hybridized carbons (Fsp3) is 0.625. The number of rotatable bonds is 5. The number of sulfone groups is 1. The molecule has 1 aliphatic rings. The Labute approximate surface area is 122 Å². The summed E-state index contributed by atoms with van der Waals surface area (Å²) in [5.41, 5.74) is 2.24. The Kier molecular flexibility index (Phi) is 5.22. The maximum absolute atomic E-state index is 12.6. The first-order valence-corrected chi connectivity index (χ1v) is 9.20. The minimum absolute atomic E-state index is 0.108. The standard InChI is InChI=1S/C16H25NO2S/c1-13-8-6-7-11-15(13)16(17-2)12-20(18,19)14-9-4-3-5-10-14/h6-8,11,14,16-17H,3-5,9-10,12H2,1-2H3. The van der Waals surface area contributed by atoms with E-state index in [1.165, 1.54) is 6.42 Å². The highest BCUT2D eigenvalue weighted by atomic mass is 32.2. The molecule has 0 aromatic heterocycles. The molecule has 1 aliphatic carbocycles. The fourth-order valence-corrected chi connectivity index (χ4v) is 5.23. The van der Waals surface area contributed by atoms with Gasteiger partial charge < -0.3 is 5.32 Å². The molecule has 1 saturated carbocycles. The Bertz CT molecular complexity index is 533. The van der Waals surface area contributed by atoms with Crippen LogP contribution in [0.25, 0.3) is 0 Å². The zero-order valence-electron chi connectivity index (χ0n) is 12.4. The highest BCUT2D eigenvalue weighted by molar-refractivity contribution is 7.92. The molecule has 0 heterocycles. The molecule has 1 unspecified atom stereocenters. The van der Waals surface area contributed by atoms with E-state index in [4.69, 9.17) is 0 Å². The molecular weight excluding hydrogens is 270 g/mol. The van der Waals surface area contributed by atoms with E-state index in [1.54, 1.807) is 0 Å². The van der Waals surface area contributed by atoms with Crippen molar-refractivity contribution in [1.82, 2.24) is 5.32 Å². The van der Waals surface area contributed by atoms with Gasteiger partial charge in [-0.25, -0.2) is 8.42 Å². The number of nitrogens with one attached hydrogen (secondary N) is 1. The van der Waals surface area contributed by atoms with Crippen molar-refractivity contribution in [2.45, 2.75) is 50.3 Å². The molecule has 0 amide bonds. The highest BCUT2D eigenvalue weighted by Gasteiger charge is 2.30. The van der Waals surface area contributed by atoms with Crippen molar-refractivity contribution in [3.8, 4) is 0 Å². The van der Waals surface area contributed by atoms with E-state index in [0.717, 1.165) is 36.8 Å². The summed E-state index contributed by atoms with van der Waals surface area (Å²) >= 11 is 0. The molecule has 0 bridgehead atoms. The molecule has 1 aromatic carbocycles. The summed E-state index contributed by atoms with van der Waals surface area (Å²) in [4.78, 5) is 0. The number of hydrogen-bond acceptors (Lipinski definition) is 3. The Morgan fingerprint density at radius 3 is 2.45 bits per heavy atom. The van der Waals surface area contributed by atoms with Gasteiger partial charge in [0.25, 0.3) is 0 Å². The quantitative estimate of drug-likeness (QED) is 0.908. The van der Waals surface area contributed by atoms with Crippen LogP contribution in [0, 0.1) is 6.92 Å². The summed E-state index contributed by atoms with van der Waals surface area (Å²) in [5, 5.41) is 3.05. The third-order valence-corrected chi connectivity index (χ3v) is 6.66. The predicted octanol–water partition coefficient (Wildman–Crippen LogP) is 3.00. The van der Waals surface area contributed by atoms with Crippen molar-refractivity contribution >= 4 is 9.84 Å². The average molecular weight is 295 g/mol. The molecule has 112 valence electrons. The van der Waals surface area contributed by atoms with Crippen LogP contribution in [0.15, 0.2) is 24.3 Å². The van der Waals surface area contributed by atoms with Gasteiger partial charge in [-0.1, -0.05) is 43.5 Å². The van der Waals surface area contributed by atoms with Crippen molar-refractivity contribution in [3.05, 3.63) is 35.4 Å². The van der Waals surface area contributed by atoms with Gasteiger partial charge in [0.15, 0.2) is 9.84 Å². The second-order valence-corrected chi connectivity index (χ2v) is 8.11. The maximum atomic E-state index is 12.6. The molecule has 3 nitrogen and oxygen atoms in total. The molecular formula is C16H25NO2S. The van der Waals surface area contributed by atoms with Crippen molar-refractivity contribution < 1.29 is 8.42 Å². The Balaban J connectivity index is 2.15. The lowest BCUT2D eigenvalue weighted by molar-refractivity contribution is 0.479. The molecule has 20 heavy (non-hydrogen) atoms. The molecule has 1 aromatic rings. The highest BCUT2D eigenvalue weighted by Crippen LogP contribution is 2.27. The zero-order valence-corrected chi connectivity index (χ0v) is 13.2. The summed E-state index contributed by atoms with van der Waals surface area (Å²) in [6.45, 7) is 2.03. The minimum atomic E-state index is -3.02. The number of aryl methyl sites for hydroxylation is 1. The van der Waals surface area contributed by atoms with E-state index in [9.17, 15) is 8.42 Å². The fourth-order valence-electron chi connectivity index (χ4n) is 3.10. The summed E-state index contributed by atoms with van der Waals surface area (Å²) in [5.74, 6) is 0.207. The van der Waals surface area contributed by atoms with Crippen molar-refractivity contribution in [2.24, 2.45) is 0 Å². The van der Waals surface area contributed by atoms with Crippen LogP contribution in [0.4, 0.5) is 0 Å². The molecule has 0 aliphatic heterocycles. The lowest BCUT2D eigenvalue weighted by atomic mass is 10.0. The lowest BCUT2D eigenvalue weighted by Crippen LogP contribution is -2.33. The van der Waals surface area contributed by atoms with Crippen LogP contribution >= 0.6 is 0 Å². The van der Waals surface area contributed by atoms with E-state index >= 15 is 0 Å². The zero-order chi connectivity index (χ0) is 14.6. The summed E-state index contributed by atoms with van der Waals surface area (Å²) < 4.78 is 25.2.